The van der Waals surface area contributed by atoms with E-state index in [4.69, 9.17) is 9.05 Å². The monoisotopic (exact) mass is 952 g/mol. The molecule has 14 heteroatoms. The molecule has 1 saturated carbocycles. The third-order valence-corrected chi connectivity index (χ3v) is 14.5. The molecule has 13 nitrogen and oxygen atoms in total. The first kappa shape index (κ1) is 62.3. The number of unbranched alkanes of at least 4 members (excludes halogenated alkanes) is 33. The first-order chi connectivity index (χ1) is 31.3. The molecule has 1 aliphatic rings. The molecule has 0 saturated heterocycles. The van der Waals surface area contributed by atoms with Crippen LogP contribution < -0.4 is 5.32 Å². The second-order valence-corrected chi connectivity index (χ2v) is 21.0. The zero-order valence-corrected chi connectivity index (χ0v) is 42.3. The molecule has 1 rings (SSSR count). The number of carbonyl (C=O) groups excluding carboxylic acids is 1. The lowest BCUT2D eigenvalue weighted by Gasteiger charge is -2.41. The molecule has 9 N–H and O–H groups in total. The number of phosphoric acid groups is 1. The van der Waals surface area contributed by atoms with Crippen LogP contribution in [0.15, 0.2) is 0 Å². The Kier molecular flexibility index (Phi) is 39.4. The molecule has 65 heavy (non-hydrogen) atoms. The van der Waals surface area contributed by atoms with Gasteiger partial charge in [-0.25, -0.2) is 4.57 Å². The van der Waals surface area contributed by atoms with E-state index in [1.54, 1.807) is 0 Å². The van der Waals surface area contributed by atoms with Gasteiger partial charge < -0.3 is 46.0 Å². The van der Waals surface area contributed by atoms with E-state index in [-0.39, 0.29) is 12.8 Å². The highest BCUT2D eigenvalue weighted by Crippen LogP contribution is 2.47. The van der Waals surface area contributed by atoms with Crippen LogP contribution in [-0.4, -0.2) is 108 Å². The molecule has 1 amide bonds. The lowest BCUT2D eigenvalue weighted by atomic mass is 9.85. The Morgan fingerprint density at radius 3 is 1.11 bits per heavy atom. The van der Waals surface area contributed by atoms with E-state index in [0.717, 1.165) is 51.4 Å². The lowest BCUT2D eigenvalue weighted by molar-refractivity contribution is -0.220. The van der Waals surface area contributed by atoms with Gasteiger partial charge in [-0.3, -0.25) is 13.8 Å². The summed E-state index contributed by atoms with van der Waals surface area (Å²) in [4.78, 5) is 23.6. The van der Waals surface area contributed by atoms with Gasteiger partial charge in [0.1, 0.15) is 36.6 Å². The second kappa shape index (κ2) is 41.1. The number of aliphatic hydroxyl groups excluding tert-OH is 7. The minimum atomic E-state index is -5.12. The van der Waals surface area contributed by atoms with Crippen LogP contribution >= 0.6 is 7.82 Å². The highest BCUT2D eigenvalue weighted by Gasteiger charge is 2.51. The maximum atomic E-state index is 13.1. The number of amides is 1. The topological polar surface area (TPSA) is 226 Å². The van der Waals surface area contributed by atoms with Crippen molar-refractivity contribution in [2.45, 2.75) is 313 Å². The fourth-order valence-corrected chi connectivity index (χ4v) is 10.0. The van der Waals surface area contributed by atoms with Gasteiger partial charge in [-0.1, -0.05) is 239 Å². The third-order valence-electron chi connectivity index (χ3n) is 13.5. The SMILES string of the molecule is CCCCCCCCCCCCCCCCCCCCC(O)CC(=O)NC(COP(=O)(O)OC1C(O)C(O)C(O)C(O)C1O)C(O)CCCCCCCCCCCCCCCCCCC. The Morgan fingerprint density at radius 1 is 0.477 bits per heavy atom. The van der Waals surface area contributed by atoms with Crippen molar-refractivity contribution >= 4 is 13.7 Å². The molecule has 8 unspecified atom stereocenters. The van der Waals surface area contributed by atoms with Crippen LogP contribution in [0.5, 0.6) is 0 Å². The van der Waals surface area contributed by atoms with E-state index >= 15 is 0 Å². The molecule has 0 aromatic rings. The highest BCUT2D eigenvalue weighted by molar-refractivity contribution is 7.47. The number of nitrogens with one attached hydrogen (secondary N) is 1. The van der Waals surface area contributed by atoms with Gasteiger partial charge >= 0.3 is 7.82 Å². The zero-order chi connectivity index (χ0) is 48.0. The van der Waals surface area contributed by atoms with Crippen molar-refractivity contribution in [1.82, 2.24) is 5.32 Å². The maximum Gasteiger partial charge on any atom is 0.472 e. The van der Waals surface area contributed by atoms with Crippen LogP contribution in [0.2, 0.25) is 0 Å². The first-order valence-corrected chi connectivity index (χ1v) is 28.6. The summed E-state index contributed by atoms with van der Waals surface area (Å²) >= 11 is 0. The predicted molar refractivity (Wildman–Crippen MR) is 261 cm³/mol. The Morgan fingerprint density at radius 2 is 0.769 bits per heavy atom. The van der Waals surface area contributed by atoms with Crippen molar-refractivity contribution in [3.05, 3.63) is 0 Å². The van der Waals surface area contributed by atoms with Crippen molar-refractivity contribution < 1.29 is 59.0 Å². The standard InChI is InChI=1S/C51H102NO12P/c1-3-5-7-9-11-13-15-17-19-21-23-24-26-28-30-32-34-36-38-42(53)40-45(55)52-43(41-63-65(61,62)64-51-49(59)47(57)46(56)48(58)50(51)60)44(54)39-37-35-33-31-29-27-25-22-20-18-16-14-12-10-8-6-4-2/h42-44,46-51,53-54,56-60H,3-41H2,1-2H3,(H,52,55)(H,61,62). The fraction of sp³-hybridized carbons (Fsp3) is 0.980. The van der Waals surface area contributed by atoms with Crippen LogP contribution in [-0.2, 0) is 18.4 Å². The molecule has 0 aromatic carbocycles. The van der Waals surface area contributed by atoms with Crippen molar-refractivity contribution in [2.75, 3.05) is 6.61 Å². The molecule has 0 heterocycles. The molecule has 1 fully saturated rings. The summed E-state index contributed by atoms with van der Waals surface area (Å²) < 4.78 is 23.0. The van der Waals surface area contributed by atoms with Gasteiger partial charge in [0.2, 0.25) is 5.91 Å². The van der Waals surface area contributed by atoms with E-state index in [0.29, 0.717) is 12.8 Å². The molecule has 8 atom stereocenters. The second-order valence-electron chi connectivity index (χ2n) is 19.6. The normalized spacial score (nSPS) is 22.4. The summed E-state index contributed by atoms with van der Waals surface area (Å²) in [7, 11) is -5.12. The van der Waals surface area contributed by atoms with Gasteiger partial charge in [0.05, 0.1) is 31.3 Å². The largest absolute Gasteiger partial charge is 0.472 e. The molecular formula is C51H102NO12P. The lowest BCUT2D eigenvalue weighted by Crippen LogP contribution is -2.64. The summed E-state index contributed by atoms with van der Waals surface area (Å²) in [6.07, 6.45) is 30.0. The van der Waals surface area contributed by atoms with Crippen LogP contribution in [0.3, 0.4) is 0 Å². The van der Waals surface area contributed by atoms with Crippen LogP contribution in [0, 0.1) is 0 Å². The van der Waals surface area contributed by atoms with Crippen molar-refractivity contribution in [3.63, 3.8) is 0 Å². The summed E-state index contributed by atoms with van der Waals surface area (Å²) in [6.45, 7) is 3.83. The van der Waals surface area contributed by atoms with E-state index < -0.39 is 75.2 Å². The van der Waals surface area contributed by atoms with Gasteiger partial charge in [0.25, 0.3) is 0 Å². The average molecular weight is 952 g/mol. The molecule has 0 spiro atoms. The summed E-state index contributed by atoms with van der Waals surface area (Å²) in [5, 5.41) is 74.9. The van der Waals surface area contributed by atoms with Gasteiger partial charge in [0.15, 0.2) is 0 Å². The Labute approximate surface area is 396 Å². The van der Waals surface area contributed by atoms with Crippen molar-refractivity contribution in [1.29, 1.82) is 0 Å². The fourth-order valence-electron chi connectivity index (χ4n) is 9.07. The van der Waals surface area contributed by atoms with E-state index in [2.05, 4.69) is 19.2 Å². The number of hydrogen-bond donors (Lipinski definition) is 9. The summed E-state index contributed by atoms with van der Waals surface area (Å²) in [5.74, 6) is -0.554. The van der Waals surface area contributed by atoms with Crippen LogP contribution in [0.25, 0.3) is 0 Å². The van der Waals surface area contributed by atoms with E-state index in [9.17, 15) is 50.0 Å². The number of carbonyl (C=O) groups is 1. The smallest absolute Gasteiger partial charge is 0.393 e. The zero-order valence-electron chi connectivity index (χ0n) is 41.4. The van der Waals surface area contributed by atoms with Gasteiger partial charge in [-0.15, -0.1) is 0 Å². The molecule has 0 radical (unpaired) electrons. The van der Waals surface area contributed by atoms with Crippen molar-refractivity contribution in [3.8, 4) is 0 Å². The van der Waals surface area contributed by atoms with Gasteiger partial charge in [0, 0.05) is 0 Å². The number of rotatable bonds is 46. The van der Waals surface area contributed by atoms with Gasteiger partial charge in [-0.2, -0.15) is 0 Å². The van der Waals surface area contributed by atoms with Gasteiger partial charge in [-0.05, 0) is 12.8 Å². The Hall–Kier alpha value is -0.700. The third kappa shape index (κ3) is 32.7. The summed E-state index contributed by atoms with van der Waals surface area (Å²) in [5.41, 5.74) is 0. The molecule has 1 aliphatic carbocycles. The molecule has 0 aromatic heterocycles. The van der Waals surface area contributed by atoms with E-state index in [1.807, 2.05) is 0 Å². The number of hydrogen-bond acceptors (Lipinski definition) is 11. The predicted octanol–water partition coefficient (Wildman–Crippen LogP) is 10.4. The van der Waals surface area contributed by atoms with E-state index in [1.165, 1.54) is 167 Å². The van der Waals surface area contributed by atoms with Crippen LogP contribution in [0.1, 0.15) is 258 Å². The Bertz CT molecular complexity index is 1120. The minimum absolute atomic E-state index is 0.215. The highest BCUT2D eigenvalue weighted by atomic mass is 31.2. The van der Waals surface area contributed by atoms with Crippen molar-refractivity contribution in [2.24, 2.45) is 0 Å². The molecule has 0 aliphatic heterocycles. The Balaban J connectivity index is 2.42. The minimum Gasteiger partial charge on any atom is -0.393 e. The van der Waals surface area contributed by atoms with Crippen LogP contribution in [0.4, 0.5) is 0 Å². The average Bonchev–Trinajstić information content (AvgIpc) is 3.28. The first-order valence-electron chi connectivity index (χ1n) is 27.1. The number of aliphatic hydroxyl groups is 7. The molecular weight excluding hydrogens is 850 g/mol. The number of phosphoric ester groups is 1. The quantitative estimate of drug-likeness (QED) is 0.0205. The maximum absolute atomic E-state index is 13.1. The summed E-state index contributed by atoms with van der Waals surface area (Å²) in [6, 6.07) is -1.15. The molecule has 388 valence electrons. The molecule has 0 bridgehead atoms.